The summed E-state index contributed by atoms with van der Waals surface area (Å²) in [5.41, 5.74) is 3.31. The van der Waals surface area contributed by atoms with Crippen molar-refractivity contribution >= 4 is 11.8 Å². The number of rotatable bonds is 5. The fourth-order valence-corrected chi connectivity index (χ4v) is 2.89. The Morgan fingerprint density at radius 1 is 1.10 bits per heavy atom. The van der Waals surface area contributed by atoms with Gasteiger partial charge >= 0.3 is 0 Å². The Morgan fingerprint density at radius 3 is 2.40 bits per heavy atom. The van der Waals surface area contributed by atoms with Crippen LogP contribution in [0.3, 0.4) is 0 Å². The quantitative estimate of drug-likeness (QED) is 0.850. The van der Waals surface area contributed by atoms with Gasteiger partial charge in [0.15, 0.2) is 5.16 Å². The molecule has 4 heteroatoms. The van der Waals surface area contributed by atoms with Crippen molar-refractivity contribution in [2.24, 2.45) is 0 Å². The van der Waals surface area contributed by atoms with Crippen LogP contribution in [0.1, 0.15) is 30.8 Å². The molecule has 0 fully saturated rings. The van der Waals surface area contributed by atoms with Gasteiger partial charge < -0.3 is 5.32 Å². The van der Waals surface area contributed by atoms with Gasteiger partial charge in [0.2, 0.25) is 0 Å². The summed E-state index contributed by atoms with van der Waals surface area (Å²) in [6.45, 7) is 9.19. The minimum Gasteiger partial charge on any atom is -0.310 e. The van der Waals surface area contributed by atoms with Crippen LogP contribution in [0.4, 0.5) is 0 Å². The molecule has 2 rings (SSSR count). The molecule has 0 saturated heterocycles. The third-order valence-corrected chi connectivity index (χ3v) is 3.82. The zero-order valence-corrected chi connectivity index (χ0v) is 13.3. The third kappa shape index (κ3) is 4.32. The molecule has 0 bridgehead atoms. The topological polar surface area (TPSA) is 37.8 Å². The Morgan fingerprint density at radius 2 is 1.75 bits per heavy atom. The number of nitrogens with zero attached hydrogens (tertiary/aromatic N) is 2. The maximum atomic E-state index is 4.50. The van der Waals surface area contributed by atoms with Gasteiger partial charge in [-0.25, -0.2) is 9.97 Å². The average Bonchev–Trinajstić information content (AvgIpc) is 2.36. The van der Waals surface area contributed by atoms with Gasteiger partial charge in [0.05, 0.1) is 0 Å². The van der Waals surface area contributed by atoms with Gasteiger partial charge in [-0.3, -0.25) is 0 Å². The van der Waals surface area contributed by atoms with E-state index in [1.807, 2.05) is 19.9 Å². The highest BCUT2D eigenvalue weighted by atomic mass is 32.2. The molecule has 0 spiro atoms. The Labute approximate surface area is 125 Å². The molecule has 1 heterocycles. The number of benzene rings is 1. The van der Waals surface area contributed by atoms with Crippen molar-refractivity contribution in [3.05, 3.63) is 47.3 Å². The highest BCUT2D eigenvalue weighted by Gasteiger charge is 2.07. The summed E-state index contributed by atoms with van der Waals surface area (Å²) in [5, 5.41) is 4.28. The molecule has 0 saturated carbocycles. The molecule has 0 amide bonds. The van der Waals surface area contributed by atoms with Crippen molar-refractivity contribution in [2.75, 3.05) is 0 Å². The minimum absolute atomic E-state index is 0.477. The second-order valence-electron chi connectivity index (χ2n) is 5.18. The Bertz CT molecular complexity index is 561. The maximum absolute atomic E-state index is 4.50. The van der Waals surface area contributed by atoms with Crippen molar-refractivity contribution in [1.82, 2.24) is 15.3 Å². The molecule has 2 aromatic rings. The zero-order chi connectivity index (χ0) is 14.5. The van der Waals surface area contributed by atoms with Crippen molar-refractivity contribution < 1.29 is 0 Å². The number of nitrogens with one attached hydrogen (secondary N) is 1. The van der Waals surface area contributed by atoms with Gasteiger partial charge in [0.25, 0.3) is 0 Å². The molecule has 1 aromatic carbocycles. The van der Waals surface area contributed by atoms with E-state index in [1.54, 1.807) is 11.8 Å². The minimum atomic E-state index is 0.477. The van der Waals surface area contributed by atoms with Crippen molar-refractivity contribution in [3.8, 4) is 0 Å². The summed E-state index contributed by atoms with van der Waals surface area (Å²) in [6.07, 6.45) is 0. The predicted molar refractivity (Wildman–Crippen MR) is 84.0 cm³/mol. The summed E-state index contributed by atoms with van der Waals surface area (Å²) >= 11 is 1.63. The molecule has 0 aliphatic rings. The molecule has 0 aliphatic heterocycles. The Hall–Kier alpha value is -1.39. The number of hydrogen-bond donors (Lipinski definition) is 1. The largest absolute Gasteiger partial charge is 0.310 e. The summed E-state index contributed by atoms with van der Waals surface area (Å²) in [6, 6.07) is 10.9. The van der Waals surface area contributed by atoms with Gasteiger partial charge in [0.1, 0.15) is 0 Å². The van der Waals surface area contributed by atoms with E-state index in [4.69, 9.17) is 0 Å². The lowest BCUT2D eigenvalue weighted by molar-refractivity contribution is 0.584. The molecule has 3 nitrogen and oxygen atoms in total. The van der Waals surface area contributed by atoms with E-state index >= 15 is 0 Å². The molecular weight excluding hydrogens is 266 g/mol. The molecule has 0 radical (unpaired) electrons. The lowest BCUT2D eigenvalue weighted by atomic mass is 10.2. The van der Waals surface area contributed by atoms with Crippen LogP contribution >= 0.6 is 11.8 Å². The summed E-state index contributed by atoms with van der Waals surface area (Å²) < 4.78 is 0. The molecule has 1 aromatic heterocycles. The fourth-order valence-electron chi connectivity index (χ4n) is 1.90. The molecule has 20 heavy (non-hydrogen) atoms. The first kappa shape index (κ1) is 15.0. The second-order valence-corrected chi connectivity index (χ2v) is 6.19. The van der Waals surface area contributed by atoms with Crippen molar-refractivity contribution in [3.63, 3.8) is 0 Å². The second kappa shape index (κ2) is 6.86. The van der Waals surface area contributed by atoms with Crippen molar-refractivity contribution in [2.45, 2.75) is 50.3 Å². The Balaban J connectivity index is 2.20. The molecule has 106 valence electrons. The summed E-state index contributed by atoms with van der Waals surface area (Å²) in [4.78, 5) is 10.2. The predicted octanol–water partition coefficient (Wildman–Crippen LogP) is 3.74. The van der Waals surface area contributed by atoms with Crippen LogP contribution in [0.25, 0.3) is 0 Å². The monoisotopic (exact) mass is 287 g/mol. The van der Waals surface area contributed by atoms with Gasteiger partial charge in [-0.05, 0) is 43.3 Å². The first-order valence-corrected chi connectivity index (χ1v) is 7.67. The van der Waals surface area contributed by atoms with Crippen LogP contribution in [0.15, 0.2) is 40.4 Å². The highest BCUT2D eigenvalue weighted by molar-refractivity contribution is 7.99. The fraction of sp³-hybridized carbons (Fsp3) is 0.375. The third-order valence-electron chi connectivity index (χ3n) is 2.84. The van der Waals surface area contributed by atoms with E-state index in [0.29, 0.717) is 6.04 Å². The van der Waals surface area contributed by atoms with Crippen LogP contribution in [0, 0.1) is 13.8 Å². The summed E-state index contributed by atoms with van der Waals surface area (Å²) in [7, 11) is 0. The van der Waals surface area contributed by atoms with E-state index in [1.165, 1.54) is 10.5 Å². The van der Waals surface area contributed by atoms with Crippen LogP contribution in [-0.4, -0.2) is 16.0 Å². The van der Waals surface area contributed by atoms with Gasteiger partial charge in [0, 0.05) is 28.9 Å². The molecule has 0 atom stereocenters. The van der Waals surface area contributed by atoms with Crippen molar-refractivity contribution in [1.29, 1.82) is 0 Å². The first-order valence-electron chi connectivity index (χ1n) is 6.86. The van der Waals surface area contributed by atoms with Crippen LogP contribution in [0.2, 0.25) is 0 Å². The number of hydrogen-bond acceptors (Lipinski definition) is 4. The van der Waals surface area contributed by atoms with E-state index in [2.05, 4.69) is 53.4 Å². The maximum Gasteiger partial charge on any atom is 0.192 e. The normalized spacial score (nSPS) is 11.1. The summed E-state index contributed by atoms with van der Waals surface area (Å²) in [5.74, 6) is 0. The van der Waals surface area contributed by atoms with E-state index in [-0.39, 0.29) is 0 Å². The zero-order valence-electron chi connectivity index (χ0n) is 12.5. The molecule has 1 N–H and O–H groups in total. The van der Waals surface area contributed by atoms with E-state index in [9.17, 15) is 0 Å². The highest BCUT2D eigenvalue weighted by Crippen LogP contribution is 2.28. The lowest BCUT2D eigenvalue weighted by Gasteiger charge is -2.12. The Kier molecular flexibility index (Phi) is 5.15. The van der Waals surface area contributed by atoms with Gasteiger partial charge in [-0.15, -0.1) is 0 Å². The van der Waals surface area contributed by atoms with Crippen LogP contribution in [-0.2, 0) is 6.54 Å². The SMILES string of the molecule is Cc1cc(C)nc(Sc2ccccc2CNC(C)C)n1. The van der Waals surface area contributed by atoms with E-state index in [0.717, 1.165) is 23.1 Å². The lowest BCUT2D eigenvalue weighted by Crippen LogP contribution is -2.22. The number of aryl methyl sites for hydroxylation is 2. The standard InChI is InChI=1S/C16H21N3S/c1-11(2)17-10-14-7-5-6-8-15(14)20-16-18-12(3)9-13(4)19-16/h5-9,11,17H,10H2,1-4H3. The average molecular weight is 287 g/mol. The number of aromatic nitrogens is 2. The first-order chi connectivity index (χ1) is 9.54. The molecule has 0 aliphatic carbocycles. The van der Waals surface area contributed by atoms with Gasteiger partial charge in [-0.2, -0.15) is 0 Å². The molecule has 0 unspecified atom stereocenters. The van der Waals surface area contributed by atoms with Crippen LogP contribution in [0.5, 0.6) is 0 Å². The van der Waals surface area contributed by atoms with E-state index < -0.39 is 0 Å². The van der Waals surface area contributed by atoms with Gasteiger partial charge in [-0.1, -0.05) is 32.0 Å². The molecular formula is C16H21N3S. The smallest absolute Gasteiger partial charge is 0.192 e. The van der Waals surface area contributed by atoms with Crippen LogP contribution < -0.4 is 5.32 Å².